The van der Waals surface area contributed by atoms with Crippen LogP contribution in [0, 0.1) is 0 Å². The van der Waals surface area contributed by atoms with Crippen LogP contribution in [0.25, 0.3) is 10.9 Å². The molecule has 2 N–H and O–H groups in total. The Labute approximate surface area is 133 Å². The fourth-order valence-corrected chi connectivity index (χ4v) is 2.24. The highest BCUT2D eigenvalue weighted by Gasteiger charge is 2.09. The summed E-state index contributed by atoms with van der Waals surface area (Å²) in [6.45, 7) is 0. The van der Waals surface area contributed by atoms with Gasteiger partial charge in [-0.25, -0.2) is 4.98 Å². The number of pyridine rings is 1. The number of carbonyl (C=O) groups is 2. The van der Waals surface area contributed by atoms with Gasteiger partial charge in [-0.15, -0.1) is 0 Å². The molecule has 0 unspecified atom stereocenters. The number of hydrogen-bond acceptors (Lipinski definition) is 3. The van der Waals surface area contributed by atoms with E-state index in [0.717, 1.165) is 10.9 Å². The SMILES string of the molecule is CNC(=O)c1ccc(NC(=O)c2ccc3ccccc3n2)cc1. The van der Waals surface area contributed by atoms with Gasteiger partial charge in [-0.1, -0.05) is 24.3 Å². The maximum absolute atomic E-state index is 12.3. The maximum Gasteiger partial charge on any atom is 0.274 e. The molecule has 2 amide bonds. The number of nitrogens with zero attached hydrogens (tertiary/aromatic N) is 1. The van der Waals surface area contributed by atoms with Crippen molar-refractivity contribution >= 4 is 28.4 Å². The van der Waals surface area contributed by atoms with E-state index >= 15 is 0 Å². The van der Waals surface area contributed by atoms with E-state index in [1.807, 2.05) is 30.3 Å². The third-order valence-electron chi connectivity index (χ3n) is 3.46. The monoisotopic (exact) mass is 305 g/mol. The standard InChI is InChI=1S/C18H15N3O2/c1-19-17(22)13-6-9-14(10-7-13)20-18(23)16-11-8-12-4-2-3-5-15(12)21-16/h2-11H,1H3,(H,19,22)(H,20,23). The average molecular weight is 305 g/mol. The summed E-state index contributed by atoms with van der Waals surface area (Å²) >= 11 is 0. The molecule has 1 heterocycles. The van der Waals surface area contributed by atoms with Gasteiger partial charge in [-0.2, -0.15) is 0 Å². The summed E-state index contributed by atoms with van der Waals surface area (Å²) in [6, 6.07) is 17.9. The number of para-hydroxylation sites is 1. The molecule has 5 nitrogen and oxygen atoms in total. The van der Waals surface area contributed by atoms with Crippen molar-refractivity contribution in [3.8, 4) is 0 Å². The van der Waals surface area contributed by atoms with Crippen molar-refractivity contribution in [1.82, 2.24) is 10.3 Å². The maximum atomic E-state index is 12.3. The lowest BCUT2D eigenvalue weighted by Gasteiger charge is -2.06. The van der Waals surface area contributed by atoms with E-state index < -0.39 is 0 Å². The van der Waals surface area contributed by atoms with Crippen LogP contribution >= 0.6 is 0 Å². The van der Waals surface area contributed by atoms with Crippen LogP contribution in [0.4, 0.5) is 5.69 Å². The molecule has 3 rings (SSSR count). The first-order chi connectivity index (χ1) is 11.2. The first kappa shape index (κ1) is 14.7. The molecule has 0 saturated carbocycles. The molecule has 0 aliphatic heterocycles. The summed E-state index contributed by atoms with van der Waals surface area (Å²) in [7, 11) is 1.57. The van der Waals surface area contributed by atoms with Gasteiger partial charge in [0, 0.05) is 23.7 Å². The Morgan fingerprint density at radius 1 is 0.870 bits per heavy atom. The molecule has 3 aromatic rings. The van der Waals surface area contributed by atoms with Crippen LogP contribution in [0.15, 0.2) is 60.7 Å². The summed E-state index contributed by atoms with van der Waals surface area (Å²) in [5, 5.41) is 6.31. The van der Waals surface area contributed by atoms with Gasteiger partial charge in [0.2, 0.25) is 0 Å². The van der Waals surface area contributed by atoms with Crippen LogP contribution in [0.5, 0.6) is 0 Å². The van der Waals surface area contributed by atoms with Crippen molar-refractivity contribution in [3.05, 3.63) is 71.9 Å². The van der Waals surface area contributed by atoms with E-state index in [-0.39, 0.29) is 11.8 Å². The van der Waals surface area contributed by atoms with Gasteiger partial charge in [0.15, 0.2) is 0 Å². The lowest BCUT2D eigenvalue weighted by atomic mass is 10.2. The molecule has 23 heavy (non-hydrogen) atoms. The normalized spacial score (nSPS) is 10.3. The van der Waals surface area contributed by atoms with Crippen LogP contribution < -0.4 is 10.6 Å². The molecule has 0 bridgehead atoms. The van der Waals surface area contributed by atoms with E-state index in [2.05, 4.69) is 15.6 Å². The number of fused-ring (bicyclic) bond motifs is 1. The minimum Gasteiger partial charge on any atom is -0.355 e. The van der Waals surface area contributed by atoms with E-state index in [1.165, 1.54) is 0 Å². The van der Waals surface area contributed by atoms with Gasteiger partial charge in [0.1, 0.15) is 5.69 Å². The predicted octanol–water partition coefficient (Wildman–Crippen LogP) is 2.85. The molecule has 1 aromatic heterocycles. The number of amides is 2. The molecule has 2 aromatic carbocycles. The van der Waals surface area contributed by atoms with Crippen LogP contribution in [-0.4, -0.2) is 23.8 Å². The van der Waals surface area contributed by atoms with E-state index in [1.54, 1.807) is 37.4 Å². The second-order valence-electron chi connectivity index (χ2n) is 5.00. The highest BCUT2D eigenvalue weighted by molar-refractivity contribution is 6.04. The number of anilines is 1. The van der Waals surface area contributed by atoms with Gasteiger partial charge in [-0.3, -0.25) is 9.59 Å². The first-order valence-corrected chi connectivity index (χ1v) is 7.16. The largest absolute Gasteiger partial charge is 0.355 e. The zero-order chi connectivity index (χ0) is 16.2. The number of benzene rings is 2. The summed E-state index contributed by atoms with van der Waals surface area (Å²) < 4.78 is 0. The van der Waals surface area contributed by atoms with Crippen molar-refractivity contribution in [2.24, 2.45) is 0 Å². The van der Waals surface area contributed by atoms with Crippen molar-refractivity contribution in [1.29, 1.82) is 0 Å². The third kappa shape index (κ3) is 3.18. The highest BCUT2D eigenvalue weighted by Crippen LogP contribution is 2.14. The van der Waals surface area contributed by atoms with Crippen molar-refractivity contribution in [2.75, 3.05) is 12.4 Å². The summed E-state index contributed by atoms with van der Waals surface area (Å²) in [5.41, 5.74) is 2.26. The Hall–Kier alpha value is -3.21. The summed E-state index contributed by atoms with van der Waals surface area (Å²) in [6.07, 6.45) is 0. The van der Waals surface area contributed by atoms with E-state index in [0.29, 0.717) is 16.9 Å². The lowest BCUT2D eigenvalue weighted by molar-refractivity contribution is 0.0962. The topological polar surface area (TPSA) is 71.1 Å². The molecular weight excluding hydrogens is 290 g/mol. The average Bonchev–Trinajstić information content (AvgIpc) is 2.61. The van der Waals surface area contributed by atoms with Crippen LogP contribution in [0.3, 0.4) is 0 Å². The van der Waals surface area contributed by atoms with Crippen molar-refractivity contribution in [2.45, 2.75) is 0 Å². The fraction of sp³-hybridized carbons (Fsp3) is 0.0556. The smallest absolute Gasteiger partial charge is 0.274 e. The lowest BCUT2D eigenvalue weighted by Crippen LogP contribution is -2.18. The molecule has 0 saturated heterocycles. The van der Waals surface area contributed by atoms with Crippen LogP contribution in [-0.2, 0) is 0 Å². The molecule has 0 fully saturated rings. The second-order valence-corrected chi connectivity index (χ2v) is 5.00. The molecular formula is C18H15N3O2. The molecule has 0 aliphatic rings. The van der Waals surface area contributed by atoms with Crippen LogP contribution in [0.2, 0.25) is 0 Å². The zero-order valence-corrected chi connectivity index (χ0v) is 12.5. The summed E-state index contributed by atoms with van der Waals surface area (Å²) in [5.74, 6) is -0.456. The van der Waals surface area contributed by atoms with Gasteiger partial charge < -0.3 is 10.6 Å². The first-order valence-electron chi connectivity index (χ1n) is 7.16. The van der Waals surface area contributed by atoms with Gasteiger partial charge >= 0.3 is 0 Å². The summed E-state index contributed by atoms with van der Waals surface area (Å²) in [4.78, 5) is 28.1. The Kier molecular flexibility index (Phi) is 4.01. The van der Waals surface area contributed by atoms with Gasteiger partial charge in [-0.05, 0) is 36.4 Å². The van der Waals surface area contributed by atoms with Gasteiger partial charge in [0.25, 0.3) is 11.8 Å². The van der Waals surface area contributed by atoms with E-state index in [4.69, 9.17) is 0 Å². The molecule has 0 radical (unpaired) electrons. The number of carbonyl (C=O) groups excluding carboxylic acids is 2. The van der Waals surface area contributed by atoms with E-state index in [9.17, 15) is 9.59 Å². The molecule has 114 valence electrons. The van der Waals surface area contributed by atoms with Gasteiger partial charge in [0.05, 0.1) is 5.52 Å². The Morgan fingerprint density at radius 3 is 2.35 bits per heavy atom. The van der Waals surface area contributed by atoms with Crippen molar-refractivity contribution in [3.63, 3.8) is 0 Å². The Balaban J connectivity index is 1.78. The number of rotatable bonds is 3. The minimum absolute atomic E-state index is 0.168. The predicted molar refractivity (Wildman–Crippen MR) is 89.5 cm³/mol. The molecule has 0 atom stereocenters. The Morgan fingerprint density at radius 2 is 1.61 bits per heavy atom. The number of aromatic nitrogens is 1. The zero-order valence-electron chi connectivity index (χ0n) is 12.5. The van der Waals surface area contributed by atoms with Crippen LogP contribution in [0.1, 0.15) is 20.8 Å². The fourth-order valence-electron chi connectivity index (χ4n) is 2.24. The Bertz CT molecular complexity index is 873. The molecule has 0 spiro atoms. The quantitative estimate of drug-likeness (QED) is 0.781. The second kappa shape index (κ2) is 6.27. The van der Waals surface area contributed by atoms with Crippen molar-refractivity contribution < 1.29 is 9.59 Å². The number of hydrogen-bond donors (Lipinski definition) is 2. The highest BCUT2D eigenvalue weighted by atomic mass is 16.2. The molecule has 5 heteroatoms. The minimum atomic E-state index is -0.288. The molecule has 0 aliphatic carbocycles. The third-order valence-corrected chi connectivity index (χ3v) is 3.46. The number of nitrogens with one attached hydrogen (secondary N) is 2.